The maximum atomic E-state index is 15.3. The van der Waals surface area contributed by atoms with Crippen LogP contribution < -0.4 is 10.4 Å². The lowest BCUT2D eigenvalue weighted by Gasteiger charge is -2.29. The molecule has 0 N–H and O–H groups in total. The van der Waals surface area contributed by atoms with Crippen LogP contribution >= 0.6 is 11.6 Å². The lowest BCUT2D eigenvalue weighted by molar-refractivity contribution is 0.606. The summed E-state index contributed by atoms with van der Waals surface area (Å²) in [4.78, 5) is 0. The highest BCUT2D eigenvalue weighted by molar-refractivity contribution is 6.30. The summed E-state index contributed by atoms with van der Waals surface area (Å²) in [5.41, 5.74) is 6.77. The first-order chi connectivity index (χ1) is 16.9. The number of hydrogen-bond acceptors (Lipinski definition) is 0. The Kier molecular flexibility index (Phi) is 5.38. The Balaban J connectivity index is 1.78. The molecule has 35 heavy (non-hydrogen) atoms. The van der Waals surface area contributed by atoms with Crippen molar-refractivity contribution in [3.8, 4) is 0 Å². The molecule has 4 aromatic carbocycles. The average molecular weight is 483 g/mol. The van der Waals surface area contributed by atoms with E-state index in [9.17, 15) is 4.39 Å². The molecule has 0 bridgehead atoms. The average Bonchev–Trinajstić information content (AvgIpc) is 2.84. The summed E-state index contributed by atoms with van der Waals surface area (Å²) in [7, 11) is 0. The molecule has 0 amide bonds. The van der Waals surface area contributed by atoms with Crippen LogP contribution in [0.25, 0.3) is 11.6 Å². The second-order valence-electron chi connectivity index (χ2n) is 9.76. The summed E-state index contributed by atoms with van der Waals surface area (Å²) in [5, 5.41) is 4.38. The van der Waals surface area contributed by atoms with Crippen LogP contribution in [0.5, 0.6) is 0 Å². The fraction of sp³-hybridized carbons (Fsp3) is 0.188. The Bertz CT molecular complexity index is 1720. The first kappa shape index (κ1) is 22.2. The Morgan fingerprint density at radius 2 is 1.66 bits per heavy atom. The van der Waals surface area contributed by atoms with Crippen LogP contribution in [-0.2, 0) is 6.42 Å². The summed E-state index contributed by atoms with van der Waals surface area (Å²) in [5.74, 6) is -0.454. The van der Waals surface area contributed by atoms with Gasteiger partial charge in [0.1, 0.15) is 11.6 Å². The van der Waals surface area contributed by atoms with Crippen molar-refractivity contribution in [1.82, 2.24) is 0 Å². The summed E-state index contributed by atoms with van der Waals surface area (Å²) >= 11 is 6.09. The van der Waals surface area contributed by atoms with Crippen LogP contribution in [0, 0.1) is 34.9 Å². The summed E-state index contributed by atoms with van der Waals surface area (Å²) in [6.07, 6.45) is 3.99. The molecule has 6 rings (SSSR count). The van der Waals surface area contributed by atoms with Crippen LogP contribution in [0.15, 0.2) is 72.8 Å². The van der Waals surface area contributed by atoms with E-state index >= 15 is 4.39 Å². The number of rotatable bonds is 2. The number of benzene rings is 4. The first-order valence-corrected chi connectivity index (χ1v) is 12.5. The monoisotopic (exact) mass is 482 g/mol. The maximum Gasteiger partial charge on any atom is 0.128 e. The number of hydrogen-bond donors (Lipinski definition) is 0. The van der Waals surface area contributed by atoms with Gasteiger partial charge in [-0.2, -0.15) is 0 Å². The van der Waals surface area contributed by atoms with E-state index in [-0.39, 0.29) is 17.6 Å². The van der Waals surface area contributed by atoms with Gasteiger partial charge in [-0.25, -0.2) is 8.78 Å². The Hall–Kier alpha value is -3.23. The van der Waals surface area contributed by atoms with E-state index < -0.39 is 0 Å². The summed E-state index contributed by atoms with van der Waals surface area (Å²) in [6, 6.07) is 22.6. The lowest BCUT2D eigenvalue weighted by atomic mass is 9.75. The zero-order chi connectivity index (χ0) is 24.3. The molecule has 2 aliphatic rings. The van der Waals surface area contributed by atoms with Gasteiger partial charge < -0.3 is 0 Å². The van der Waals surface area contributed by atoms with Gasteiger partial charge >= 0.3 is 0 Å². The van der Waals surface area contributed by atoms with Gasteiger partial charge in [0.2, 0.25) is 0 Å². The molecule has 0 aromatic heterocycles. The van der Waals surface area contributed by atoms with E-state index in [0.717, 1.165) is 34.1 Å². The smallest absolute Gasteiger partial charge is 0.128 e. The normalized spacial score (nSPS) is 18.4. The van der Waals surface area contributed by atoms with E-state index in [0.29, 0.717) is 16.5 Å². The van der Waals surface area contributed by atoms with Crippen molar-refractivity contribution < 1.29 is 8.78 Å². The molecule has 0 aliphatic heterocycles. The SMILES string of the molecule is Cc1ccccc1C1=c2ccc3c(c2CCC1C)C(c1ccc(Cl)cc1F)C=c1ccc(F)cc1=3. The molecule has 3 heteroatoms. The highest BCUT2D eigenvalue weighted by Crippen LogP contribution is 2.37. The zero-order valence-corrected chi connectivity index (χ0v) is 20.5. The van der Waals surface area contributed by atoms with E-state index in [2.05, 4.69) is 56.3 Å². The highest BCUT2D eigenvalue weighted by atomic mass is 35.5. The third-order valence-corrected chi connectivity index (χ3v) is 7.90. The second kappa shape index (κ2) is 8.46. The molecular formula is C32H25ClF2. The lowest BCUT2D eigenvalue weighted by Crippen LogP contribution is -2.28. The highest BCUT2D eigenvalue weighted by Gasteiger charge is 2.27. The van der Waals surface area contributed by atoms with Crippen LogP contribution in [0.1, 0.15) is 47.1 Å². The molecule has 0 fully saturated rings. The molecular weight excluding hydrogens is 458 g/mol. The van der Waals surface area contributed by atoms with Crippen molar-refractivity contribution >= 4 is 23.3 Å². The van der Waals surface area contributed by atoms with E-state index in [1.165, 1.54) is 39.6 Å². The van der Waals surface area contributed by atoms with Crippen molar-refractivity contribution in [2.75, 3.05) is 0 Å². The Morgan fingerprint density at radius 3 is 2.46 bits per heavy atom. The summed E-state index contributed by atoms with van der Waals surface area (Å²) in [6.45, 7) is 4.44. The minimum absolute atomic E-state index is 0.266. The largest absolute Gasteiger partial charge is 0.207 e. The third kappa shape index (κ3) is 3.63. The van der Waals surface area contributed by atoms with Crippen molar-refractivity contribution in [2.24, 2.45) is 5.92 Å². The topological polar surface area (TPSA) is 0 Å². The zero-order valence-electron chi connectivity index (χ0n) is 19.7. The molecule has 174 valence electrons. The Morgan fingerprint density at radius 1 is 0.857 bits per heavy atom. The van der Waals surface area contributed by atoms with Crippen LogP contribution in [0.2, 0.25) is 5.02 Å². The van der Waals surface area contributed by atoms with Crippen LogP contribution in [0.4, 0.5) is 8.78 Å². The first-order valence-electron chi connectivity index (χ1n) is 12.1. The predicted octanol–water partition coefficient (Wildman–Crippen LogP) is 6.92. The molecule has 2 aliphatic carbocycles. The minimum atomic E-state index is -0.319. The van der Waals surface area contributed by atoms with E-state index in [1.54, 1.807) is 24.3 Å². The number of halogens is 3. The molecule has 0 saturated heterocycles. The molecule has 4 aromatic rings. The van der Waals surface area contributed by atoms with Gasteiger partial charge in [-0.05, 0) is 104 Å². The van der Waals surface area contributed by atoms with Crippen molar-refractivity contribution in [3.05, 3.63) is 138 Å². The van der Waals surface area contributed by atoms with Gasteiger partial charge in [0, 0.05) is 10.9 Å². The predicted molar refractivity (Wildman–Crippen MR) is 139 cm³/mol. The fourth-order valence-electron chi connectivity index (χ4n) is 6.00. The van der Waals surface area contributed by atoms with Crippen molar-refractivity contribution in [2.45, 2.75) is 32.6 Å². The maximum absolute atomic E-state index is 15.3. The fourth-order valence-corrected chi connectivity index (χ4v) is 6.16. The molecule has 0 heterocycles. The van der Waals surface area contributed by atoms with Crippen molar-refractivity contribution in [3.63, 3.8) is 0 Å². The van der Waals surface area contributed by atoms with Gasteiger partial charge in [-0.3, -0.25) is 0 Å². The second-order valence-corrected chi connectivity index (χ2v) is 10.2. The quantitative estimate of drug-likeness (QED) is 0.291. The van der Waals surface area contributed by atoms with Gasteiger partial charge in [0.05, 0.1) is 0 Å². The number of aryl methyl sites for hydroxylation is 1. The molecule has 2 atom stereocenters. The molecule has 0 radical (unpaired) electrons. The Labute approximate surface area is 208 Å². The minimum Gasteiger partial charge on any atom is -0.207 e. The van der Waals surface area contributed by atoms with Gasteiger partial charge in [0.25, 0.3) is 0 Å². The van der Waals surface area contributed by atoms with Crippen LogP contribution in [0.3, 0.4) is 0 Å². The molecule has 0 nitrogen and oxygen atoms in total. The van der Waals surface area contributed by atoms with Crippen molar-refractivity contribution in [1.29, 1.82) is 0 Å². The van der Waals surface area contributed by atoms with E-state index in [1.807, 2.05) is 0 Å². The van der Waals surface area contributed by atoms with Gasteiger partial charge in [-0.15, -0.1) is 0 Å². The summed E-state index contributed by atoms with van der Waals surface area (Å²) < 4.78 is 29.6. The molecule has 0 saturated carbocycles. The van der Waals surface area contributed by atoms with Gasteiger partial charge in [0.15, 0.2) is 0 Å². The van der Waals surface area contributed by atoms with Crippen LogP contribution in [-0.4, -0.2) is 0 Å². The molecule has 0 spiro atoms. The van der Waals surface area contributed by atoms with E-state index in [4.69, 9.17) is 11.6 Å². The van der Waals surface area contributed by atoms with Gasteiger partial charge in [-0.1, -0.05) is 73.1 Å². The number of fused-ring (bicyclic) bond motifs is 4. The third-order valence-electron chi connectivity index (χ3n) is 7.66. The molecule has 2 unspecified atom stereocenters. The standard InChI is InChI=1S/C32H25ClF2/c1-18-5-3-4-6-23(18)31-19(2)7-11-26-25(31)13-14-27-28-17-22(34)10-8-20(28)15-29(32(26)27)24-12-9-21(33)16-30(24)35/h3-6,8-10,12-17,19,29H,7,11H2,1-2H3.